The van der Waals surface area contributed by atoms with Crippen molar-refractivity contribution in [3.63, 3.8) is 0 Å². The lowest BCUT2D eigenvalue weighted by Crippen LogP contribution is -2.52. The molecule has 0 aromatic heterocycles. The van der Waals surface area contributed by atoms with Gasteiger partial charge in [-0.1, -0.05) is 39.3 Å². The van der Waals surface area contributed by atoms with Crippen molar-refractivity contribution in [2.24, 2.45) is 39.9 Å². The highest BCUT2D eigenvalue weighted by Crippen LogP contribution is 2.70. The second-order valence-corrected chi connectivity index (χ2v) is 11.9. The Morgan fingerprint density at radius 2 is 1.87 bits per heavy atom. The van der Waals surface area contributed by atoms with Crippen molar-refractivity contribution in [3.8, 4) is 0 Å². The number of aliphatic hydroxyl groups is 1. The molecule has 0 radical (unpaired) electrons. The van der Waals surface area contributed by atoms with Crippen LogP contribution in [0.25, 0.3) is 0 Å². The van der Waals surface area contributed by atoms with Crippen molar-refractivity contribution >= 4 is 18.2 Å². The summed E-state index contributed by atoms with van der Waals surface area (Å²) in [5.74, 6) is 2.87. The summed E-state index contributed by atoms with van der Waals surface area (Å²) in [7, 11) is 4.13. The highest BCUT2D eigenvalue weighted by molar-refractivity contribution is 5.86. The summed E-state index contributed by atoms with van der Waals surface area (Å²) in [5.41, 5.74) is 1.86. The van der Waals surface area contributed by atoms with E-state index in [0.29, 0.717) is 35.9 Å². The van der Waals surface area contributed by atoms with Crippen LogP contribution in [0.15, 0.2) is 11.6 Å². The SMILES string of the molecule is C[C@@H]1C[C@H]2[C@@H]3CC[C@H]4C[C@@H](O)CC[C@]4(C)C3=CC[C@]2(C)[C@@]1(C)C(=O)CCN(C)C.Cl. The quantitative estimate of drug-likeness (QED) is 0.590. The third-order valence-electron chi connectivity index (χ3n) is 10.5. The van der Waals surface area contributed by atoms with Crippen LogP contribution >= 0.6 is 12.4 Å². The van der Waals surface area contributed by atoms with E-state index in [1.807, 2.05) is 0 Å². The van der Waals surface area contributed by atoms with Crippen molar-refractivity contribution in [3.05, 3.63) is 11.6 Å². The summed E-state index contributed by atoms with van der Waals surface area (Å²) >= 11 is 0. The van der Waals surface area contributed by atoms with Crippen LogP contribution in [-0.4, -0.2) is 42.5 Å². The number of carbonyl (C=O) groups is 1. The van der Waals surface area contributed by atoms with E-state index in [0.717, 1.165) is 32.2 Å². The van der Waals surface area contributed by atoms with Gasteiger partial charge in [-0.05, 0) is 93.5 Å². The van der Waals surface area contributed by atoms with E-state index in [1.54, 1.807) is 5.57 Å². The minimum atomic E-state index is -0.212. The maximum absolute atomic E-state index is 13.6. The van der Waals surface area contributed by atoms with Gasteiger partial charge in [0.05, 0.1) is 6.10 Å². The first-order valence-electron chi connectivity index (χ1n) is 12.1. The third-order valence-corrected chi connectivity index (χ3v) is 10.5. The molecule has 8 atom stereocenters. The van der Waals surface area contributed by atoms with Crippen LogP contribution in [-0.2, 0) is 4.79 Å². The van der Waals surface area contributed by atoms with E-state index in [-0.39, 0.29) is 34.8 Å². The molecule has 3 fully saturated rings. The average Bonchev–Trinajstić information content (AvgIpc) is 2.88. The summed E-state index contributed by atoms with van der Waals surface area (Å²) in [6.07, 6.45) is 11.0. The minimum absolute atomic E-state index is 0. The molecule has 0 aromatic rings. The molecule has 30 heavy (non-hydrogen) atoms. The largest absolute Gasteiger partial charge is 0.393 e. The van der Waals surface area contributed by atoms with Crippen LogP contribution in [0.4, 0.5) is 0 Å². The van der Waals surface area contributed by atoms with E-state index in [9.17, 15) is 9.90 Å². The number of aliphatic hydroxyl groups excluding tert-OH is 1. The molecule has 4 rings (SSSR count). The Hall–Kier alpha value is -0.380. The second-order valence-electron chi connectivity index (χ2n) is 11.9. The number of halogens is 1. The van der Waals surface area contributed by atoms with Crippen LogP contribution in [0.1, 0.15) is 79.1 Å². The fourth-order valence-corrected chi connectivity index (χ4v) is 8.25. The topological polar surface area (TPSA) is 40.5 Å². The Morgan fingerprint density at radius 3 is 2.53 bits per heavy atom. The van der Waals surface area contributed by atoms with Crippen molar-refractivity contribution in [1.29, 1.82) is 0 Å². The van der Waals surface area contributed by atoms with Gasteiger partial charge in [0.25, 0.3) is 0 Å². The predicted octanol–water partition coefficient (Wildman–Crippen LogP) is 5.51. The first kappa shape index (κ1) is 24.3. The number of rotatable bonds is 4. The van der Waals surface area contributed by atoms with E-state index in [1.165, 1.54) is 19.3 Å². The molecule has 0 amide bonds. The van der Waals surface area contributed by atoms with E-state index in [4.69, 9.17) is 0 Å². The summed E-state index contributed by atoms with van der Waals surface area (Å²) < 4.78 is 0. The first-order valence-corrected chi connectivity index (χ1v) is 12.1. The number of fused-ring (bicyclic) bond motifs is 5. The van der Waals surface area contributed by atoms with Gasteiger partial charge in [-0.25, -0.2) is 0 Å². The van der Waals surface area contributed by atoms with Crippen LogP contribution in [0.5, 0.6) is 0 Å². The molecule has 4 aliphatic carbocycles. The molecule has 172 valence electrons. The summed E-state index contributed by atoms with van der Waals surface area (Å²) in [6, 6.07) is 0. The van der Waals surface area contributed by atoms with Gasteiger partial charge in [-0.15, -0.1) is 12.4 Å². The maximum Gasteiger partial charge on any atom is 0.140 e. The fraction of sp³-hybridized carbons (Fsp3) is 0.885. The third kappa shape index (κ3) is 3.33. The Kier molecular flexibility index (Phi) is 6.63. The van der Waals surface area contributed by atoms with Crippen molar-refractivity contribution in [1.82, 2.24) is 4.90 Å². The smallest absolute Gasteiger partial charge is 0.140 e. The molecule has 0 bridgehead atoms. The number of ketones is 1. The molecular formula is C26H44ClNO2. The van der Waals surface area contributed by atoms with Crippen LogP contribution in [0.2, 0.25) is 0 Å². The molecule has 0 unspecified atom stereocenters. The monoisotopic (exact) mass is 437 g/mol. The zero-order valence-electron chi connectivity index (χ0n) is 20.0. The Bertz CT molecular complexity index is 705. The van der Waals surface area contributed by atoms with Gasteiger partial charge in [-0.2, -0.15) is 0 Å². The highest BCUT2D eigenvalue weighted by atomic mass is 35.5. The molecular weight excluding hydrogens is 394 g/mol. The van der Waals surface area contributed by atoms with Gasteiger partial charge in [-0.3, -0.25) is 4.79 Å². The van der Waals surface area contributed by atoms with Gasteiger partial charge in [0.2, 0.25) is 0 Å². The molecule has 0 saturated heterocycles. The highest BCUT2D eigenvalue weighted by Gasteiger charge is 2.65. The zero-order valence-corrected chi connectivity index (χ0v) is 20.9. The van der Waals surface area contributed by atoms with Crippen LogP contribution in [0.3, 0.4) is 0 Å². The molecule has 0 aromatic carbocycles. The Labute approximate surface area is 190 Å². The van der Waals surface area contributed by atoms with Crippen LogP contribution < -0.4 is 0 Å². The first-order chi connectivity index (χ1) is 13.5. The lowest BCUT2D eigenvalue weighted by atomic mass is 9.47. The molecule has 0 spiro atoms. The van der Waals surface area contributed by atoms with Crippen molar-refractivity contribution < 1.29 is 9.90 Å². The number of nitrogens with zero attached hydrogens (tertiary/aromatic N) is 1. The lowest BCUT2D eigenvalue weighted by Gasteiger charge is -2.58. The van der Waals surface area contributed by atoms with Gasteiger partial charge < -0.3 is 10.0 Å². The predicted molar refractivity (Wildman–Crippen MR) is 126 cm³/mol. The number of hydrogen-bond acceptors (Lipinski definition) is 3. The van der Waals surface area contributed by atoms with E-state index in [2.05, 4.69) is 52.8 Å². The molecule has 3 saturated carbocycles. The molecule has 4 aliphatic rings. The fourth-order valence-electron chi connectivity index (χ4n) is 8.25. The summed E-state index contributed by atoms with van der Waals surface area (Å²) in [4.78, 5) is 15.7. The van der Waals surface area contributed by atoms with Gasteiger partial charge in [0, 0.05) is 18.4 Å². The molecule has 3 nitrogen and oxygen atoms in total. The molecule has 0 aliphatic heterocycles. The van der Waals surface area contributed by atoms with E-state index >= 15 is 0 Å². The minimum Gasteiger partial charge on any atom is -0.393 e. The average molecular weight is 438 g/mol. The molecule has 1 N–H and O–H groups in total. The lowest BCUT2D eigenvalue weighted by molar-refractivity contribution is -0.138. The normalized spacial score (nSPS) is 47.6. The number of hydrogen-bond donors (Lipinski definition) is 1. The van der Waals surface area contributed by atoms with Gasteiger partial charge >= 0.3 is 0 Å². The standard InChI is InChI=1S/C26H43NO2.ClH/c1-17-15-22-20-8-7-18-16-19(28)9-12-24(18,2)21(20)10-13-25(22,3)26(17,4)23(29)11-14-27(5)6;/h10,17-20,22,28H,7-9,11-16H2,1-6H3;1H/t17-,18+,19+,20-,22+,24+,25+,26-;/m1./s1. The van der Waals surface area contributed by atoms with Crippen LogP contribution in [0, 0.1) is 39.9 Å². The summed E-state index contributed by atoms with van der Waals surface area (Å²) in [6.45, 7) is 10.4. The van der Waals surface area contributed by atoms with Gasteiger partial charge in [0.1, 0.15) is 5.78 Å². The summed E-state index contributed by atoms with van der Waals surface area (Å²) in [5, 5.41) is 10.2. The van der Waals surface area contributed by atoms with Gasteiger partial charge in [0.15, 0.2) is 0 Å². The number of allylic oxidation sites excluding steroid dienone is 2. The maximum atomic E-state index is 13.6. The molecule has 0 heterocycles. The molecule has 4 heteroatoms. The Balaban J connectivity index is 0.00000256. The van der Waals surface area contributed by atoms with E-state index < -0.39 is 0 Å². The van der Waals surface area contributed by atoms with Crippen molar-refractivity contribution in [2.45, 2.75) is 85.2 Å². The van der Waals surface area contributed by atoms with Crippen molar-refractivity contribution in [2.75, 3.05) is 20.6 Å². The Morgan fingerprint density at radius 1 is 1.17 bits per heavy atom. The zero-order chi connectivity index (χ0) is 21.2. The number of Topliss-reactive ketones (excluding diaryl/α,β-unsaturated/α-hetero) is 1. The number of carbonyl (C=O) groups excluding carboxylic acids is 1. The second kappa shape index (κ2) is 8.19.